The fourth-order valence-corrected chi connectivity index (χ4v) is 3.10. The van der Waals surface area contributed by atoms with Crippen molar-refractivity contribution < 1.29 is 4.39 Å². The lowest BCUT2D eigenvalue weighted by Gasteiger charge is -2.04. The molecule has 2 aromatic heterocycles. The van der Waals surface area contributed by atoms with Gasteiger partial charge < -0.3 is 4.98 Å². The maximum absolute atomic E-state index is 13.2. The van der Waals surface area contributed by atoms with Crippen molar-refractivity contribution in [1.82, 2.24) is 14.4 Å². The van der Waals surface area contributed by atoms with E-state index in [1.165, 1.54) is 23.3 Å². The molecule has 0 amide bonds. The third-order valence-corrected chi connectivity index (χ3v) is 4.79. The lowest BCUT2D eigenvalue weighted by atomic mass is 10.0. The van der Waals surface area contributed by atoms with E-state index in [4.69, 9.17) is 12.2 Å². The molecule has 5 heteroatoms. The molecule has 124 valence electrons. The summed E-state index contributed by atoms with van der Waals surface area (Å²) in [6.07, 6.45) is 3.69. The first-order chi connectivity index (χ1) is 12.0. The quantitative estimate of drug-likeness (QED) is 0.486. The van der Waals surface area contributed by atoms with Gasteiger partial charge in [0.2, 0.25) is 4.77 Å². The SMILES string of the molecule is Cc1ccc(-c2cn3c(=S)ncc(-c4ccc(F)cc4)c3[nH]2)cc1C. The molecule has 3 nitrogen and oxygen atoms in total. The van der Waals surface area contributed by atoms with Crippen LogP contribution in [0, 0.1) is 24.4 Å². The molecular weight excluding hydrogens is 333 g/mol. The molecule has 2 heterocycles. The van der Waals surface area contributed by atoms with Crippen LogP contribution in [0.25, 0.3) is 28.0 Å². The van der Waals surface area contributed by atoms with Crippen LogP contribution < -0.4 is 0 Å². The van der Waals surface area contributed by atoms with Crippen LogP contribution in [0.4, 0.5) is 4.39 Å². The average Bonchev–Trinajstić information content (AvgIpc) is 3.05. The number of nitrogens with zero attached hydrogens (tertiary/aromatic N) is 2. The number of aromatic amines is 1. The Morgan fingerprint density at radius 1 is 1.00 bits per heavy atom. The van der Waals surface area contributed by atoms with Crippen molar-refractivity contribution in [1.29, 1.82) is 0 Å². The number of benzene rings is 2. The molecule has 0 atom stereocenters. The minimum absolute atomic E-state index is 0.261. The zero-order chi connectivity index (χ0) is 17.6. The van der Waals surface area contributed by atoms with Crippen LogP contribution >= 0.6 is 12.2 Å². The van der Waals surface area contributed by atoms with E-state index in [1.807, 2.05) is 10.6 Å². The molecule has 0 fully saturated rings. The van der Waals surface area contributed by atoms with E-state index in [-0.39, 0.29) is 5.82 Å². The van der Waals surface area contributed by atoms with Gasteiger partial charge in [-0.1, -0.05) is 24.3 Å². The molecule has 0 saturated heterocycles. The van der Waals surface area contributed by atoms with Crippen molar-refractivity contribution in [3.05, 3.63) is 76.6 Å². The number of aryl methyl sites for hydroxylation is 2. The van der Waals surface area contributed by atoms with E-state index in [1.54, 1.807) is 18.3 Å². The van der Waals surface area contributed by atoms with Crippen molar-refractivity contribution in [2.75, 3.05) is 0 Å². The van der Waals surface area contributed by atoms with E-state index >= 15 is 0 Å². The van der Waals surface area contributed by atoms with Gasteiger partial charge in [0.1, 0.15) is 11.5 Å². The van der Waals surface area contributed by atoms with Crippen LogP contribution in [0.2, 0.25) is 0 Å². The minimum Gasteiger partial charge on any atom is -0.339 e. The molecule has 0 aliphatic carbocycles. The summed E-state index contributed by atoms with van der Waals surface area (Å²) in [5.74, 6) is -0.261. The summed E-state index contributed by atoms with van der Waals surface area (Å²) in [4.78, 5) is 7.75. The van der Waals surface area contributed by atoms with Gasteiger partial charge in [-0.2, -0.15) is 0 Å². The molecular formula is C20H16FN3S. The summed E-state index contributed by atoms with van der Waals surface area (Å²) >= 11 is 5.37. The van der Waals surface area contributed by atoms with E-state index in [0.29, 0.717) is 4.77 Å². The summed E-state index contributed by atoms with van der Waals surface area (Å²) in [5, 5.41) is 0. The van der Waals surface area contributed by atoms with Crippen molar-refractivity contribution >= 4 is 17.9 Å². The van der Waals surface area contributed by atoms with Crippen molar-refractivity contribution in [2.24, 2.45) is 0 Å². The smallest absolute Gasteiger partial charge is 0.205 e. The van der Waals surface area contributed by atoms with Gasteiger partial charge in [-0.15, -0.1) is 0 Å². The predicted octanol–water partition coefficient (Wildman–Crippen LogP) is 5.48. The Balaban J connectivity index is 1.94. The third-order valence-electron chi connectivity index (χ3n) is 4.49. The highest BCUT2D eigenvalue weighted by molar-refractivity contribution is 7.71. The number of H-pyrrole nitrogens is 1. The molecule has 4 rings (SSSR count). The molecule has 0 bridgehead atoms. The molecule has 0 aliphatic heterocycles. The minimum atomic E-state index is -0.261. The van der Waals surface area contributed by atoms with Crippen LogP contribution in [-0.2, 0) is 0 Å². The number of fused-ring (bicyclic) bond motifs is 1. The number of rotatable bonds is 2. The van der Waals surface area contributed by atoms with E-state index < -0.39 is 0 Å². The van der Waals surface area contributed by atoms with E-state index in [2.05, 4.69) is 42.0 Å². The van der Waals surface area contributed by atoms with Crippen molar-refractivity contribution in [2.45, 2.75) is 13.8 Å². The number of aromatic nitrogens is 3. The van der Waals surface area contributed by atoms with Gasteiger partial charge in [0.15, 0.2) is 0 Å². The molecule has 0 unspecified atom stereocenters. The van der Waals surface area contributed by atoms with Crippen molar-refractivity contribution in [3.63, 3.8) is 0 Å². The fraction of sp³-hybridized carbons (Fsp3) is 0.100. The fourth-order valence-electron chi connectivity index (χ4n) is 2.90. The third kappa shape index (κ3) is 2.76. The van der Waals surface area contributed by atoms with Gasteiger partial charge >= 0.3 is 0 Å². The number of imidazole rings is 1. The van der Waals surface area contributed by atoms with Crippen LogP contribution in [-0.4, -0.2) is 14.4 Å². The molecule has 0 saturated carbocycles. The van der Waals surface area contributed by atoms with Gasteiger partial charge in [0.25, 0.3) is 0 Å². The Labute approximate surface area is 149 Å². The Bertz CT molecular complexity index is 1140. The van der Waals surface area contributed by atoms with Gasteiger partial charge in [-0.05, 0) is 66.5 Å². The lowest BCUT2D eigenvalue weighted by Crippen LogP contribution is -1.92. The highest BCUT2D eigenvalue weighted by Crippen LogP contribution is 2.27. The second-order valence-electron chi connectivity index (χ2n) is 6.15. The molecule has 2 aromatic carbocycles. The van der Waals surface area contributed by atoms with E-state index in [0.717, 1.165) is 28.0 Å². The zero-order valence-corrected chi connectivity index (χ0v) is 14.7. The lowest BCUT2D eigenvalue weighted by molar-refractivity contribution is 0.628. The van der Waals surface area contributed by atoms with Crippen LogP contribution in [0.3, 0.4) is 0 Å². The first-order valence-corrected chi connectivity index (χ1v) is 8.38. The van der Waals surface area contributed by atoms with Gasteiger partial charge in [-0.25, -0.2) is 9.37 Å². The van der Waals surface area contributed by atoms with E-state index in [9.17, 15) is 4.39 Å². The number of halogens is 1. The molecule has 0 spiro atoms. The van der Waals surface area contributed by atoms with Crippen molar-refractivity contribution in [3.8, 4) is 22.4 Å². The predicted molar refractivity (Wildman–Crippen MR) is 101 cm³/mol. The van der Waals surface area contributed by atoms with Crippen LogP contribution in [0.5, 0.6) is 0 Å². The number of hydrogen-bond donors (Lipinski definition) is 1. The summed E-state index contributed by atoms with van der Waals surface area (Å²) in [7, 11) is 0. The highest BCUT2D eigenvalue weighted by Gasteiger charge is 2.11. The highest BCUT2D eigenvalue weighted by atomic mass is 32.1. The summed E-state index contributed by atoms with van der Waals surface area (Å²) in [6.45, 7) is 4.19. The van der Waals surface area contributed by atoms with Crippen LogP contribution in [0.1, 0.15) is 11.1 Å². The largest absolute Gasteiger partial charge is 0.339 e. The monoisotopic (exact) mass is 349 g/mol. The average molecular weight is 349 g/mol. The maximum atomic E-state index is 13.2. The van der Waals surface area contributed by atoms with Crippen LogP contribution in [0.15, 0.2) is 54.9 Å². The standard InChI is InChI=1S/C20H16FN3S/c1-12-3-4-15(9-13(12)2)18-11-24-19(23-18)17(10-22-20(24)25)14-5-7-16(21)8-6-14/h3-11,23H,1-2H3. The zero-order valence-electron chi connectivity index (χ0n) is 13.9. The van der Waals surface area contributed by atoms with Gasteiger partial charge in [0, 0.05) is 18.0 Å². The molecule has 1 N–H and O–H groups in total. The maximum Gasteiger partial charge on any atom is 0.205 e. The topological polar surface area (TPSA) is 33.1 Å². The first-order valence-electron chi connectivity index (χ1n) is 7.97. The normalized spacial score (nSPS) is 11.2. The van der Waals surface area contributed by atoms with Gasteiger partial charge in [0.05, 0.1) is 5.69 Å². The Morgan fingerprint density at radius 3 is 2.44 bits per heavy atom. The first kappa shape index (κ1) is 15.7. The molecule has 25 heavy (non-hydrogen) atoms. The Kier molecular flexibility index (Phi) is 3.73. The Morgan fingerprint density at radius 2 is 1.72 bits per heavy atom. The second-order valence-corrected chi connectivity index (χ2v) is 6.51. The number of nitrogens with one attached hydrogen (secondary N) is 1. The summed E-state index contributed by atoms with van der Waals surface area (Å²) in [5.41, 5.74) is 7.15. The molecule has 0 aliphatic rings. The second kappa shape index (κ2) is 5.93. The molecule has 0 radical (unpaired) electrons. The number of hydrogen-bond acceptors (Lipinski definition) is 2. The summed E-state index contributed by atoms with van der Waals surface area (Å²) in [6, 6.07) is 12.7. The molecule has 4 aromatic rings. The van der Waals surface area contributed by atoms with Gasteiger partial charge in [-0.3, -0.25) is 4.40 Å². The summed E-state index contributed by atoms with van der Waals surface area (Å²) < 4.78 is 15.6. The Hall–Kier alpha value is -2.79.